The van der Waals surface area contributed by atoms with Gasteiger partial charge in [0.25, 0.3) is 0 Å². The van der Waals surface area contributed by atoms with Gasteiger partial charge in [-0.3, -0.25) is 0 Å². The molecule has 1 saturated carbocycles. The second-order valence-electron chi connectivity index (χ2n) is 6.83. The van der Waals surface area contributed by atoms with Gasteiger partial charge in [-0.25, -0.2) is 9.18 Å². The van der Waals surface area contributed by atoms with Gasteiger partial charge >= 0.3 is 6.03 Å². The first-order chi connectivity index (χ1) is 11.6. The van der Waals surface area contributed by atoms with E-state index in [4.69, 9.17) is 4.74 Å². The lowest BCUT2D eigenvalue weighted by atomic mass is 10.1. The Hall–Kier alpha value is -1.82. The van der Waals surface area contributed by atoms with Gasteiger partial charge in [0.1, 0.15) is 18.2 Å². The van der Waals surface area contributed by atoms with Crippen LogP contribution in [0.5, 0.6) is 5.75 Å². The Morgan fingerprint density at radius 2 is 1.92 bits per heavy atom. The van der Waals surface area contributed by atoms with Gasteiger partial charge in [0.15, 0.2) is 0 Å². The topological polar surface area (TPSA) is 53.6 Å². The van der Waals surface area contributed by atoms with Crippen LogP contribution in [0.4, 0.5) is 9.18 Å². The smallest absolute Gasteiger partial charge is 0.315 e. The number of urea groups is 1. The van der Waals surface area contributed by atoms with Gasteiger partial charge in [-0.15, -0.1) is 0 Å². The molecular formula is C18H26FN3O2. The van der Waals surface area contributed by atoms with Crippen molar-refractivity contribution in [3.8, 4) is 5.75 Å². The van der Waals surface area contributed by atoms with Crippen molar-refractivity contribution in [2.45, 2.75) is 50.7 Å². The summed E-state index contributed by atoms with van der Waals surface area (Å²) in [5.74, 6) is 0.304. The minimum absolute atomic E-state index is 0.124. The van der Waals surface area contributed by atoms with E-state index in [0.717, 1.165) is 32.0 Å². The van der Waals surface area contributed by atoms with Crippen molar-refractivity contribution in [3.05, 3.63) is 30.1 Å². The van der Waals surface area contributed by atoms with Crippen molar-refractivity contribution in [1.29, 1.82) is 0 Å². The highest BCUT2D eigenvalue weighted by molar-refractivity contribution is 5.74. The van der Waals surface area contributed by atoms with E-state index in [1.165, 1.54) is 25.0 Å². The summed E-state index contributed by atoms with van der Waals surface area (Å²) in [5, 5.41) is 5.95. The van der Waals surface area contributed by atoms with Gasteiger partial charge in [-0.2, -0.15) is 0 Å². The number of hydrogen-bond donors (Lipinski definition) is 2. The van der Waals surface area contributed by atoms with Gasteiger partial charge < -0.3 is 20.3 Å². The molecule has 1 atom stereocenters. The number of carbonyl (C=O) groups excluding carboxylic acids is 1. The number of ether oxygens (including phenoxy) is 1. The van der Waals surface area contributed by atoms with Crippen LogP contribution in [-0.2, 0) is 0 Å². The quantitative estimate of drug-likeness (QED) is 0.840. The highest BCUT2D eigenvalue weighted by Crippen LogP contribution is 2.29. The van der Waals surface area contributed by atoms with Crippen LogP contribution >= 0.6 is 0 Å². The van der Waals surface area contributed by atoms with Crippen LogP contribution < -0.4 is 15.4 Å². The number of carbonyl (C=O) groups is 1. The van der Waals surface area contributed by atoms with Crippen LogP contribution in [-0.4, -0.2) is 48.8 Å². The number of halogens is 1. The van der Waals surface area contributed by atoms with Crippen LogP contribution in [0.15, 0.2) is 24.3 Å². The van der Waals surface area contributed by atoms with Crippen molar-refractivity contribution in [2.75, 3.05) is 19.7 Å². The summed E-state index contributed by atoms with van der Waals surface area (Å²) in [6, 6.07) is 6.67. The van der Waals surface area contributed by atoms with Crippen molar-refractivity contribution in [2.24, 2.45) is 0 Å². The molecule has 2 fully saturated rings. The standard InChI is InChI=1S/C18H26FN3O2/c1-13(12-24-17-6-2-14(19)3-7-17)20-18(23)21-15-8-10-22(11-9-15)16-4-5-16/h2-3,6-7,13,15-16H,4-5,8-12H2,1H3,(H2,20,21,23). The average Bonchev–Trinajstić information content (AvgIpc) is 3.40. The van der Waals surface area contributed by atoms with E-state index in [0.29, 0.717) is 12.4 Å². The van der Waals surface area contributed by atoms with Gasteiger partial charge in [0, 0.05) is 25.2 Å². The maximum atomic E-state index is 12.8. The summed E-state index contributed by atoms with van der Waals surface area (Å²) in [7, 11) is 0. The van der Waals surface area contributed by atoms with E-state index >= 15 is 0 Å². The molecule has 1 aliphatic carbocycles. The Morgan fingerprint density at radius 1 is 1.25 bits per heavy atom. The Balaban J connectivity index is 1.33. The first kappa shape index (κ1) is 17.0. The largest absolute Gasteiger partial charge is 0.491 e. The molecule has 1 aromatic carbocycles. The lowest BCUT2D eigenvalue weighted by molar-refractivity contribution is 0.183. The second-order valence-corrected chi connectivity index (χ2v) is 6.83. The minimum atomic E-state index is -0.291. The Kier molecular flexibility index (Phi) is 5.56. The van der Waals surface area contributed by atoms with E-state index in [9.17, 15) is 9.18 Å². The lowest BCUT2D eigenvalue weighted by Crippen LogP contribution is -2.50. The lowest BCUT2D eigenvalue weighted by Gasteiger charge is -2.32. The fourth-order valence-corrected chi connectivity index (χ4v) is 3.09. The van der Waals surface area contributed by atoms with Crippen molar-refractivity contribution in [1.82, 2.24) is 15.5 Å². The Bertz CT molecular complexity index is 540. The molecule has 24 heavy (non-hydrogen) atoms. The summed E-state index contributed by atoms with van der Waals surface area (Å²) in [4.78, 5) is 14.6. The number of amides is 2. The molecule has 1 saturated heterocycles. The first-order valence-corrected chi connectivity index (χ1v) is 8.79. The third-order valence-electron chi connectivity index (χ3n) is 4.62. The van der Waals surface area contributed by atoms with Crippen LogP contribution in [0.3, 0.4) is 0 Å². The number of piperidine rings is 1. The van der Waals surface area contributed by atoms with Gasteiger partial charge in [-0.1, -0.05) is 0 Å². The number of nitrogens with zero attached hydrogens (tertiary/aromatic N) is 1. The zero-order valence-electron chi connectivity index (χ0n) is 14.1. The predicted molar refractivity (Wildman–Crippen MR) is 90.6 cm³/mol. The summed E-state index contributed by atoms with van der Waals surface area (Å²) in [6.45, 7) is 4.40. The zero-order chi connectivity index (χ0) is 16.9. The molecule has 6 heteroatoms. The average molecular weight is 335 g/mol. The number of likely N-dealkylation sites (tertiary alicyclic amines) is 1. The molecule has 2 amide bonds. The van der Waals surface area contributed by atoms with Crippen LogP contribution in [0, 0.1) is 5.82 Å². The van der Waals surface area contributed by atoms with Crippen LogP contribution in [0.2, 0.25) is 0 Å². The molecule has 1 heterocycles. The van der Waals surface area contributed by atoms with Gasteiger partial charge in [0.2, 0.25) is 0 Å². The van der Waals surface area contributed by atoms with Crippen molar-refractivity contribution in [3.63, 3.8) is 0 Å². The monoisotopic (exact) mass is 335 g/mol. The van der Waals surface area contributed by atoms with E-state index in [1.54, 1.807) is 12.1 Å². The van der Waals surface area contributed by atoms with E-state index in [2.05, 4.69) is 15.5 Å². The third kappa shape index (κ3) is 5.09. The highest BCUT2D eigenvalue weighted by atomic mass is 19.1. The molecule has 0 radical (unpaired) electrons. The fourth-order valence-electron chi connectivity index (χ4n) is 3.09. The molecule has 1 aromatic rings. The molecule has 2 aliphatic rings. The van der Waals surface area contributed by atoms with Gasteiger partial charge in [-0.05, 0) is 56.9 Å². The normalized spacial score (nSPS) is 20.4. The maximum absolute atomic E-state index is 12.8. The molecule has 3 rings (SSSR count). The van der Waals surface area contributed by atoms with Crippen molar-refractivity contribution >= 4 is 6.03 Å². The van der Waals surface area contributed by atoms with Crippen LogP contribution in [0.1, 0.15) is 32.6 Å². The first-order valence-electron chi connectivity index (χ1n) is 8.79. The predicted octanol–water partition coefficient (Wildman–Crippen LogP) is 2.52. The molecule has 0 spiro atoms. The molecule has 132 valence electrons. The van der Waals surface area contributed by atoms with E-state index < -0.39 is 0 Å². The van der Waals surface area contributed by atoms with E-state index in [-0.39, 0.29) is 23.9 Å². The van der Waals surface area contributed by atoms with Crippen LogP contribution in [0.25, 0.3) is 0 Å². The Labute approximate surface area is 142 Å². The third-order valence-corrected chi connectivity index (χ3v) is 4.62. The summed E-state index contributed by atoms with van der Waals surface area (Å²) >= 11 is 0. The summed E-state index contributed by atoms with van der Waals surface area (Å²) in [5.41, 5.74) is 0. The summed E-state index contributed by atoms with van der Waals surface area (Å²) < 4.78 is 18.4. The molecular weight excluding hydrogens is 309 g/mol. The second kappa shape index (κ2) is 7.83. The maximum Gasteiger partial charge on any atom is 0.315 e. The van der Waals surface area contributed by atoms with Gasteiger partial charge in [0.05, 0.1) is 6.04 Å². The minimum Gasteiger partial charge on any atom is -0.491 e. The Morgan fingerprint density at radius 3 is 2.54 bits per heavy atom. The molecule has 0 bridgehead atoms. The number of rotatable bonds is 6. The highest BCUT2D eigenvalue weighted by Gasteiger charge is 2.32. The molecule has 1 unspecified atom stereocenters. The molecule has 5 nitrogen and oxygen atoms in total. The number of hydrogen-bond acceptors (Lipinski definition) is 3. The number of benzene rings is 1. The molecule has 1 aliphatic heterocycles. The van der Waals surface area contributed by atoms with Crippen molar-refractivity contribution < 1.29 is 13.9 Å². The number of nitrogens with one attached hydrogen (secondary N) is 2. The SMILES string of the molecule is CC(COc1ccc(F)cc1)NC(=O)NC1CCN(C2CC2)CC1. The fraction of sp³-hybridized carbons (Fsp3) is 0.611. The zero-order valence-corrected chi connectivity index (χ0v) is 14.1. The van der Waals surface area contributed by atoms with E-state index in [1.807, 2.05) is 6.92 Å². The molecule has 0 aromatic heterocycles. The summed E-state index contributed by atoms with van der Waals surface area (Å²) in [6.07, 6.45) is 4.71. The molecule has 2 N–H and O–H groups in total.